The van der Waals surface area contributed by atoms with Crippen LogP contribution >= 0.6 is 11.6 Å². The minimum atomic E-state index is -0.926. The van der Waals surface area contributed by atoms with Gasteiger partial charge >= 0.3 is 12.1 Å². The van der Waals surface area contributed by atoms with E-state index < -0.39 is 18.0 Å². The molecule has 4 aromatic rings. The SMILES string of the molecule is Cc1oc(-c2ccccc2)nc1CCOc1ccc(C[C@@H]2CN(C(=O)Oc3ccc(Cl)cc3)C[C@@H]2C(=O)O)cc1. The number of aryl methyl sites for hydroxylation is 1. The van der Waals surface area contributed by atoms with Crippen LogP contribution < -0.4 is 9.47 Å². The zero-order valence-electron chi connectivity index (χ0n) is 22.0. The first-order valence-corrected chi connectivity index (χ1v) is 13.4. The summed E-state index contributed by atoms with van der Waals surface area (Å²) in [5.74, 6) is 0.592. The molecule has 206 valence electrons. The lowest BCUT2D eigenvalue weighted by Gasteiger charge is -2.16. The van der Waals surface area contributed by atoms with Crippen LogP contribution in [0.2, 0.25) is 5.02 Å². The van der Waals surface area contributed by atoms with Crippen LogP contribution in [0.5, 0.6) is 11.5 Å². The fourth-order valence-electron chi connectivity index (χ4n) is 4.83. The summed E-state index contributed by atoms with van der Waals surface area (Å²) in [7, 11) is 0. The molecule has 1 aliphatic rings. The molecule has 2 atom stereocenters. The maximum absolute atomic E-state index is 12.7. The van der Waals surface area contributed by atoms with E-state index in [1.54, 1.807) is 24.3 Å². The summed E-state index contributed by atoms with van der Waals surface area (Å²) in [4.78, 5) is 30.7. The summed E-state index contributed by atoms with van der Waals surface area (Å²) in [6.07, 6.45) is 0.550. The quantitative estimate of drug-likeness (QED) is 0.256. The van der Waals surface area contributed by atoms with E-state index in [0.29, 0.717) is 48.4 Å². The van der Waals surface area contributed by atoms with Gasteiger partial charge in [0, 0.05) is 30.1 Å². The second-order valence-electron chi connectivity index (χ2n) is 9.77. The highest BCUT2D eigenvalue weighted by Gasteiger charge is 2.40. The number of carbonyl (C=O) groups excluding carboxylic acids is 1. The molecule has 40 heavy (non-hydrogen) atoms. The van der Waals surface area contributed by atoms with Crippen molar-refractivity contribution in [1.29, 1.82) is 0 Å². The maximum Gasteiger partial charge on any atom is 0.415 e. The van der Waals surface area contributed by atoms with E-state index in [9.17, 15) is 14.7 Å². The molecule has 5 rings (SSSR count). The number of hydrogen-bond acceptors (Lipinski definition) is 6. The van der Waals surface area contributed by atoms with Gasteiger partial charge in [0.2, 0.25) is 5.89 Å². The summed E-state index contributed by atoms with van der Waals surface area (Å²) in [6, 6.07) is 23.8. The third-order valence-corrected chi connectivity index (χ3v) is 7.23. The number of rotatable bonds is 9. The molecule has 1 saturated heterocycles. The normalized spacial score (nSPS) is 16.6. The van der Waals surface area contributed by atoms with Crippen molar-refractivity contribution < 1.29 is 28.6 Å². The molecule has 0 saturated carbocycles. The Morgan fingerprint density at radius 2 is 1.70 bits per heavy atom. The molecular weight excluding hydrogens is 532 g/mol. The van der Waals surface area contributed by atoms with E-state index in [0.717, 1.165) is 22.6 Å². The number of oxazole rings is 1. The van der Waals surface area contributed by atoms with Crippen LogP contribution in [-0.4, -0.2) is 46.7 Å². The first-order valence-electron chi connectivity index (χ1n) is 13.0. The van der Waals surface area contributed by atoms with E-state index in [-0.39, 0.29) is 12.5 Å². The largest absolute Gasteiger partial charge is 0.493 e. The van der Waals surface area contributed by atoms with Crippen molar-refractivity contribution in [2.75, 3.05) is 19.7 Å². The van der Waals surface area contributed by atoms with E-state index in [4.69, 9.17) is 25.5 Å². The standard InChI is InChI=1S/C31H29ClN2O6/c1-20-28(33-29(39-20)22-5-3-2-4-6-22)15-16-38-25-11-7-21(8-12-25)17-23-18-34(19-27(23)30(35)36)31(37)40-26-13-9-24(32)10-14-26/h2-14,23,27H,15-19H2,1H3,(H,35,36)/t23-,27+/m1/s1. The van der Waals surface area contributed by atoms with Gasteiger partial charge in [-0.3, -0.25) is 4.79 Å². The van der Waals surface area contributed by atoms with Gasteiger partial charge in [0.25, 0.3) is 0 Å². The van der Waals surface area contributed by atoms with Gasteiger partial charge in [-0.05, 0) is 73.4 Å². The number of aromatic nitrogens is 1. The molecule has 9 heteroatoms. The topological polar surface area (TPSA) is 102 Å². The first-order chi connectivity index (χ1) is 19.4. The number of halogens is 1. The summed E-state index contributed by atoms with van der Waals surface area (Å²) < 4.78 is 17.1. The Hall–Kier alpha value is -4.30. The second kappa shape index (κ2) is 12.3. The lowest BCUT2D eigenvalue weighted by molar-refractivity contribution is -0.142. The number of hydrogen-bond donors (Lipinski definition) is 1. The van der Waals surface area contributed by atoms with Crippen molar-refractivity contribution in [3.8, 4) is 23.0 Å². The number of carboxylic acids is 1. The van der Waals surface area contributed by atoms with Gasteiger partial charge in [-0.15, -0.1) is 0 Å². The number of ether oxygens (including phenoxy) is 2. The van der Waals surface area contributed by atoms with Crippen molar-refractivity contribution in [2.24, 2.45) is 11.8 Å². The summed E-state index contributed by atoms with van der Waals surface area (Å²) in [5.41, 5.74) is 2.76. The van der Waals surface area contributed by atoms with E-state index in [1.807, 2.05) is 61.5 Å². The first kappa shape index (κ1) is 27.3. The Labute approximate surface area is 237 Å². The molecule has 8 nitrogen and oxygen atoms in total. The summed E-state index contributed by atoms with van der Waals surface area (Å²) >= 11 is 5.88. The third-order valence-electron chi connectivity index (χ3n) is 6.98. The highest BCUT2D eigenvalue weighted by molar-refractivity contribution is 6.30. The Kier molecular flexibility index (Phi) is 8.36. The number of carbonyl (C=O) groups is 2. The van der Waals surface area contributed by atoms with Crippen LogP contribution in [0, 0.1) is 18.8 Å². The van der Waals surface area contributed by atoms with E-state index in [1.165, 1.54) is 4.90 Å². The van der Waals surface area contributed by atoms with Crippen molar-refractivity contribution >= 4 is 23.7 Å². The van der Waals surface area contributed by atoms with Gasteiger partial charge in [0.05, 0.1) is 18.2 Å². The zero-order chi connectivity index (χ0) is 28.1. The Morgan fingerprint density at radius 3 is 2.40 bits per heavy atom. The number of benzene rings is 3. The monoisotopic (exact) mass is 560 g/mol. The van der Waals surface area contributed by atoms with Crippen LogP contribution in [0.4, 0.5) is 4.79 Å². The van der Waals surface area contributed by atoms with Gasteiger partial charge in [-0.25, -0.2) is 9.78 Å². The Morgan fingerprint density at radius 1 is 1.00 bits per heavy atom. The molecule has 0 aliphatic carbocycles. The number of carboxylic acid groups (broad SMARTS) is 1. The molecule has 1 aromatic heterocycles. The molecule has 0 radical (unpaired) electrons. The van der Waals surface area contributed by atoms with E-state index >= 15 is 0 Å². The number of likely N-dealkylation sites (tertiary alicyclic amines) is 1. The van der Waals surface area contributed by atoms with Crippen molar-refractivity contribution in [3.63, 3.8) is 0 Å². The second-order valence-corrected chi connectivity index (χ2v) is 10.2. The molecule has 0 bridgehead atoms. The average Bonchev–Trinajstić information content (AvgIpc) is 3.55. The van der Waals surface area contributed by atoms with Crippen LogP contribution in [0.15, 0.2) is 83.3 Å². The van der Waals surface area contributed by atoms with Crippen LogP contribution in [0.1, 0.15) is 17.0 Å². The van der Waals surface area contributed by atoms with Crippen LogP contribution in [0.3, 0.4) is 0 Å². The Balaban J connectivity index is 1.14. The zero-order valence-corrected chi connectivity index (χ0v) is 22.7. The molecule has 1 aliphatic heterocycles. The average molecular weight is 561 g/mol. The molecule has 0 unspecified atom stereocenters. The molecule has 0 spiro atoms. The number of amides is 1. The maximum atomic E-state index is 12.7. The molecule has 2 heterocycles. The predicted octanol–water partition coefficient (Wildman–Crippen LogP) is 6.30. The molecular formula is C31H29ClN2O6. The van der Waals surface area contributed by atoms with Gasteiger partial charge in [0.1, 0.15) is 17.3 Å². The van der Waals surface area contributed by atoms with Gasteiger partial charge in [-0.1, -0.05) is 41.9 Å². The van der Waals surface area contributed by atoms with E-state index in [2.05, 4.69) is 4.98 Å². The van der Waals surface area contributed by atoms with Crippen molar-refractivity contribution in [2.45, 2.75) is 19.8 Å². The highest BCUT2D eigenvalue weighted by Crippen LogP contribution is 2.29. The smallest absolute Gasteiger partial charge is 0.415 e. The van der Waals surface area contributed by atoms with Gasteiger partial charge in [-0.2, -0.15) is 0 Å². The predicted molar refractivity (Wildman–Crippen MR) is 150 cm³/mol. The lowest BCUT2D eigenvalue weighted by Crippen LogP contribution is -2.32. The fourth-order valence-corrected chi connectivity index (χ4v) is 4.96. The van der Waals surface area contributed by atoms with Crippen LogP contribution in [0.25, 0.3) is 11.5 Å². The highest BCUT2D eigenvalue weighted by atomic mass is 35.5. The molecule has 1 fully saturated rings. The van der Waals surface area contributed by atoms with Gasteiger partial charge < -0.3 is 23.9 Å². The minimum Gasteiger partial charge on any atom is -0.493 e. The summed E-state index contributed by atoms with van der Waals surface area (Å²) in [6.45, 7) is 2.73. The molecule has 1 N–H and O–H groups in total. The summed E-state index contributed by atoms with van der Waals surface area (Å²) in [5, 5.41) is 10.3. The van der Waals surface area contributed by atoms with Crippen molar-refractivity contribution in [1.82, 2.24) is 9.88 Å². The Bertz CT molecular complexity index is 1450. The third kappa shape index (κ3) is 6.63. The van der Waals surface area contributed by atoms with Crippen molar-refractivity contribution in [3.05, 3.63) is 101 Å². The minimum absolute atomic E-state index is 0.0983. The fraction of sp³-hybridized carbons (Fsp3) is 0.258. The number of aliphatic carboxylic acids is 1. The van der Waals surface area contributed by atoms with Gasteiger partial charge in [0.15, 0.2) is 0 Å². The van der Waals surface area contributed by atoms with Crippen LogP contribution in [-0.2, 0) is 17.6 Å². The molecule has 3 aromatic carbocycles. The number of nitrogens with zero attached hydrogens (tertiary/aromatic N) is 2. The lowest BCUT2D eigenvalue weighted by atomic mass is 9.90. The molecule has 1 amide bonds.